The molecular weight excluding hydrogens is 399 g/mol. The molecule has 164 valence electrons. The molecule has 0 aromatic heterocycles. The second-order valence-electron chi connectivity index (χ2n) is 7.69. The molecule has 0 radical (unpaired) electrons. The number of hydrogen-bond donors (Lipinski definition) is 2. The van der Waals surface area contributed by atoms with Crippen LogP contribution in [0, 0.1) is 5.82 Å². The van der Waals surface area contributed by atoms with E-state index in [0.29, 0.717) is 30.8 Å². The number of rotatable bonds is 9. The largest absolute Gasteiger partial charge is 0.382 e. The molecule has 0 aliphatic carbocycles. The van der Waals surface area contributed by atoms with Crippen LogP contribution in [0.3, 0.4) is 0 Å². The van der Waals surface area contributed by atoms with Gasteiger partial charge in [-0.15, -0.1) is 0 Å². The molecule has 2 aromatic carbocycles. The Hall–Kier alpha value is -3.26. The Morgan fingerprint density at radius 2 is 1.97 bits per heavy atom. The minimum atomic E-state index is -0.869. The predicted octanol–water partition coefficient (Wildman–Crippen LogP) is 1.72. The Bertz CT molecular complexity index is 933. The summed E-state index contributed by atoms with van der Waals surface area (Å²) in [6, 6.07) is 14.7. The summed E-state index contributed by atoms with van der Waals surface area (Å²) in [5.41, 5.74) is 1.99. The van der Waals surface area contributed by atoms with Crippen molar-refractivity contribution in [3.63, 3.8) is 0 Å². The molecule has 1 heterocycles. The highest BCUT2D eigenvalue weighted by Gasteiger charge is 2.32. The molecule has 2 atom stereocenters. The van der Waals surface area contributed by atoms with Crippen molar-refractivity contribution in [3.8, 4) is 0 Å². The third-order valence-corrected chi connectivity index (χ3v) is 4.89. The number of benzene rings is 2. The number of nitrogens with zero attached hydrogens (tertiary/aromatic N) is 2. The van der Waals surface area contributed by atoms with Gasteiger partial charge in [0.2, 0.25) is 12.0 Å². The number of oxime groups is 1. The van der Waals surface area contributed by atoms with E-state index in [-0.39, 0.29) is 18.1 Å². The van der Waals surface area contributed by atoms with E-state index in [2.05, 4.69) is 15.8 Å². The Morgan fingerprint density at radius 1 is 1.19 bits per heavy atom. The maximum Gasteiger partial charge on any atom is 0.265 e. The van der Waals surface area contributed by atoms with Crippen molar-refractivity contribution < 1.29 is 18.8 Å². The Kier molecular flexibility index (Phi) is 7.72. The number of amides is 2. The number of hydrogen-bond acceptors (Lipinski definition) is 5. The molecule has 0 bridgehead atoms. The van der Waals surface area contributed by atoms with Crippen molar-refractivity contribution in [2.24, 2.45) is 5.16 Å². The fourth-order valence-corrected chi connectivity index (χ4v) is 3.21. The van der Waals surface area contributed by atoms with Crippen LogP contribution >= 0.6 is 0 Å². The highest BCUT2D eigenvalue weighted by Crippen LogP contribution is 2.18. The molecular formula is C23H27FN4O3. The maximum absolute atomic E-state index is 13.5. The summed E-state index contributed by atoms with van der Waals surface area (Å²) in [5, 5.41) is 9.59. The summed E-state index contributed by atoms with van der Waals surface area (Å²) in [6.45, 7) is 1.16. The van der Waals surface area contributed by atoms with Crippen LogP contribution in [0.2, 0.25) is 0 Å². The quantitative estimate of drug-likeness (QED) is 0.640. The maximum atomic E-state index is 13.5. The van der Waals surface area contributed by atoms with E-state index in [1.807, 2.05) is 49.3 Å². The number of halogens is 1. The van der Waals surface area contributed by atoms with Gasteiger partial charge in [-0.3, -0.25) is 9.59 Å². The van der Waals surface area contributed by atoms with Crippen LogP contribution in [-0.4, -0.2) is 61.8 Å². The number of likely N-dealkylation sites (N-methyl/N-ethyl adjacent to an activating group) is 1. The van der Waals surface area contributed by atoms with Gasteiger partial charge >= 0.3 is 0 Å². The lowest BCUT2D eigenvalue weighted by atomic mass is 10.0. The fraction of sp³-hybridized carbons (Fsp3) is 0.348. The smallest absolute Gasteiger partial charge is 0.265 e. The van der Waals surface area contributed by atoms with Crippen molar-refractivity contribution in [2.75, 3.05) is 27.2 Å². The van der Waals surface area contributed by atoms with Gasteiger partial charge in [0.05, 0.1) is 5.71 Å². The summed E-state index contributed by atoms with van der Waals surface area (Å²) < 4.78 is 13.5. The zero-order valence-electron chi connectivity index (χ0n) is 17.7. The molecule has 31 heavy (non-hydrogen) atoms. The van der Waals surface area contributed by atoms with Gasteiger partial charge in [-0.05, 0) is 31.8 Å². The first-order valence-corrected chi connectivity index (χ1v) is 10.2. The number of carbonyl (C=O) groups is 2. The normalized spacial score (nSPS) is 16.4. The van der Waals surface area contributed by atoms with E-state index >= 15 is 0 Å². The summed E-state index contributed by atoms with van der Waals surface area (Å²) in [5.74, 6) is -1.08. The van der Waals surface area contributed by atoms with Crippen LogP contribution in [0.4, 0.5) is 4.39 Å². The summed E-state index contributed by atoms with van der Waals surface area (Å²) in [4.78, 5) is 32.8. The van der Waals surface area contributed by atoms with Gasteiger partial charge in [0, 0.05) is 31.5 Å². The van der Waals surface area contributed by atoms with Crippen LogP contribution in [-0.2, 0) is 20.8 Å². The molecule has 2 N–H and O–H groups in total. The van der Waals surface area contributed by atoms with E-state index in [4.69, 9.17) is 4.84 Å². The molecule has 0 saturated heterocycles. The molecule has 1 aliphatic heterocycles. The Labute approximate surface area is 181 Å². The van der Waals surface area contributed by atoms with Crippen LogP contribution < -0.4 is 10.6 Å². The van der Waals surface area contributed by atoms with Crippen molar-refractivity contribution in [3.05, 3.63) is 71.5 Å². The van der Waals surface area contributed by atoms with Crippen molar-refractivity contribution in [1.82, 2.24) is 15.5 Å². The average Bonchev–Trinajstić information content (AvgIpc) is 3.24. The molecule has 2 amide bonds. The fourth-order valence-electron chi connectivity index (χ4n) is 3.21. The van der Waals surface area contributed by atoms with Gasteiger partial charge < -0.3 is 20.4 Å². The summed E-state index contributed by atoms with van der Waals surface area (Å²) in [6.07, 6.45) is -0.313. The Morgan fingerprint density at radius 3 is 2.68 bits per heavy atom. The average molecular weight is 426 g/mol. The summed E-state index contributed by atoms with van der Waals surface area (Å²) >= 11 is 0. The van der Waals surface area contributed by atoms with Gasteiger partial charge in [-0.1, -0.05) is 47.6 Å². The molecule has 3 rings (SSSR count). The number of nitrogens with one attached hydrogen (secondary N) is 2. The first-order chi connectivity index (χ1) is 14.9. The second kappa shape index (κ2) is 10.7. The first kappa shape index (κ1) is 22.4. The summed E-state index contributed by atoms with van der Waals surface area (Å²) in [7, 11) is 3.84. The molecule has 0 saturated carbocycles. The monoisotopic (exact) mass is 426 g/mol. The van der Waals surface area contributed by atoms with Crippen LogP contribution in [0.5, 0.6) is 0 Å². The SMILES string of the molecule is CN(C)CCNC(=O)[C@H](Cc1ccccc1)NC(=O)[C@H]1CC(c2cccc(F)c2)=NO1. The van der Waals surface area contributed by atoms with Gasteiger partial charge in [-0.2, -0.15) is 0 Å². The molecule has 7 nitrogen and oxygen atoms in total. The first-order valence-electron chi connectivity index (χ1n) is 10.2. The van der Waals surface area contributed by atoms with Crippen molar-refractivity contribution in [2.45, 2.75) is 25.0 Å². The van der Waals surface area contributed by atoms with Gasteiger partial charge in [-0.25, -0.2) is 4.39 Å². The second-order valence-corrected chi connectivity index (χ2v) is 7.69. The number of carbonyl (C=O) groups excluding carboxylic acids is 2. The zero-order chi connectivity index (χ0) is 22.2. The van der Waals surface area contributed by atoms with Gasteiger partial charge in [0.25, 0.3) is 5.91 Å². The molecule has 0 fully saturated rings. The Balaban J connectivity index is 1.63. The van der Waals surface area contributed by atoms with Crippen LogP contribution in [0.25, 0.3) is 0 Å². The molecule has 0 spiro atoms. The van der Waals surface area contributed by atoms with E-state index in [9.17, 15) is 14.0 Å². The highest BCUT2D eigenvalue weighted by molar-refractivity contribution is 6.04. The van der Waals surface area contributed by atoms with Crippen LogP contribution in [0.1, 0.15) is 17.5 Å². The van der Waals surface area contributed by atoms with E-state index < -0.39 is 18.1 Å². The van der Waals surface area contributed by atoms with Gasteiger partial charge in [0.15, 0.2) is 0 Å². The minimum Gasteiger partial charge on any atom is -0.382 e. The third-order valence-electron chi connectivity index (χ3n) is 4.89. The molecule has 1 aliphatic rings. The standard InChI is InChI=1S/C23H27FN4O3/c1-28(2)12-11-25-22(29)20(13-16-7-4-3-5-8-16)26-23(30)21-15-19(27-31-21)17-9-6-10-18(24)14-17/h3-10,14,20-21H,11-13,15H2,1-2H3,(H,25,29)(H,26,30)/t20-,21+/m0/s1. The van der Waals surface area contributed by atoms with Crippen molar-refractivity contribution in [1.29, 1.82) is 0 Å². The van der Waals surface area contributed by atoms with E-state index in [1.165, 1.54) is 12.1 Å². The predicted molar refractivity (Wildman–Crippen MR) is 116 cm³/mol. The molecule has 2 aromatic rings. The third kappa shape index (κ3) is 6.62. The minimum absolute atomic E-state index is 0.204. The van der Waals surface area contributed by atoms with Crippen LogP contribution in [0.15, 0.2) is 59.8 Å². The van der Waals surface area contributed by atoms with E-state index in [1.54, 1.807) is 12.1 Å². The lowest BCUT2D eigenvalue weighted by Gasteiger charge is -2.20. The lowest BCUT2D eigenvalue weighted by molar-refractivity contribution is -0.135. The lowest BCUT2D eigenvalue weighted by Crippen LogP contribution is -2.51. The zero-order valence-corrected chi connectivity index (χ0v) is 17.7. The molecule has 0 unspecified atom stereocenters. The van der Waals surface area contributed by atoms with E-state index in [0.717, 1.165) is 5.56 Å². The van der Waals surface area contributed by atoms with Crippen molar-refractivity contribution >= 4 is 17.5 Å². The molecule has 8 heteroatoms. The topological polar surface area (TPSA) is 83.0 Å². The highest BCUT2D eigenvalue weighted by atomic mass is 19.1. The van der Waals surface area contributed by atoms with Gasteiger partial charge in [0.1, 0.15) is 11.9 Å².